The van der Waals surface area contributed by atoms with Crippen LogP contribution in [0.25, 0.3) is 26.3 Å². The molecule has 4 rings (SSSR count). The minimum atomic E-state index is -0.120. The van der Waals surface area contributed by atoms with Gasteiger partial charge in [-0.05, 0) is 55.4 Å². The lowest BCUT2D eigenvalue weighted by Crippen LogP contribution is -2.25. The van der Waals surface area contributed by atoms with E-state index >= 15 is 0 Å². The van der Waals surface area contributed by atoms with E-state index in [4.69, 9.17) is 21.1 Å². The zero-order valence-electron chi connectivity index (χ0n) is 19.6. The topological polar surface area (TPSA) is 56.6 Å². The Kier molecular flexibility index (Phi) is 7.88. The molecule has 34 heavy (non-hydrogen) atoms. The van der Waals surface area contributed by atoms with E-state index < -0.39 is 0 Å². The van der Waals surface area contributed by atoms with E-state index in [0.29, 0.717) is 39.0 Å². The van der Waals surface area contributed by atoms with Gasteiger partial charge in [-0.3, -0.25) is 9.36 Å². The molecule has 2 heterocycles. The van der Waals surface area contributed by atoms with Gasteiger partial charge in [-0.1, -0.05) is 37.6 Å². The van der Waals surface area contributed by atoms with Crippen molar-refractivity contribution < 1.29 is 9.47 Å². The molecule has 2 aromatic heterocycles. The van der Waals surface area contributed by atoms with E-state index in [2.05, 4.69) is 23.7 Å². The normalized spacial score (nSPS) is 11.3. The quantitative estimate of drug-likeness (QED) is 0.256. The second-order valence-electron chi connectivity index (χ2n) is 7.82. The van der Waals surface area contributed by atoms with Crippen LogP contribution in [0, 0.1) is 0 Å². The third-order valence-electron chi connectivity index (χ3n) is 5.76. The van der Waals surface area contributed by atoms with E-state index in [-0.39, 0.29) is 5.56 Å². The summed E-state index contributed by atoms with van der Waals surface area (Å²) in [5, 5.41) is 0.676. The van der Waals surface area contributed by atoms with Gasteiger partial charge in [0, 0.05) is 22.5 Å². The van der Waals surface area contributed by atoms with Crippen LogP contribution in [-0.4, -0.2) is 47.8 Å². The van der Waals surface area contributed by atoms with Gasteiger partial charge in [0.05, 0.1) is 24.9 Å². The molecule has 0 radical (unpaired) electrons. The molecule has 0 aliphatic carbocycles. The van der Waals surface area contributed by atoms with Crippen LogP contribution in [0.1, 0.15) is 20.3 Å². The second-order valence-corrected chi connectivity index (χ2v) is 9.30. The standard InChI is InChI=1S/C26H28ClN3O3S/c1-4-29(5-2)13-6-14-33-22-12-11-20(15-23(22)32-3)30-17-28-21-16-24(34-25(21)26(30)31)18-7-9-19(27)10-8-18/h7-12,15-17H,4-6,13-14H2,1-3H3. The first-order chi connectivity index (χ1) is 16.5. The molecule has 6 nitrogen and oxygen atoms in total. The van der Waals surface area contributed by atoms with Gasteiger partial charge in [-0.15, -0.1) is 11.3 Å². The lowest BCUT2D eigenvalue weighted by atomic mass is 10.2. The van der Waals surface area contributed by atoms with Crippen molar-refractivity contribution in [2.45, 2.75) is 20.3 Å². The Morgan fingerprint density at radius 3 is 2.53 bits per heavy atom. The minimum absolute atomic E-state index is 0.120. The van der Waals surface area contributed by atoms with Gasteiger partial charge >= 0.3 is 0 Å². The summed E-state index contributed by atoms with van der Waals surface area (Å²) in [4.78, 5) is 21.1. The van der Waals surface area contributed by atoms with E-state index in [0.717, 1.165) is 36.5 Å². The zero-order valence-corrected chi connectivity index (χ0v) is 21.2. The average molecular weight is 498 g/mol. The molecular weight excluding hydrogens is 470 g/mol. The monoisotopic (exact) mass is 497 g/mol. The lowest BCUT2D eigenvalue weighted by Gasteiger charge is -2.18. The zero-order chi connectivity index (χ0) is 24.1. The first-order valence-corrected chi connectivity index (χ1v) is 12.5. The summed E-state index contributed by atoms with van der Waals surface area (Å²) in [6.45, 7) is 7.99. The molecule has 0 unspecified atom stereocenters. The number of aromatic nitrogens is 2. The summed E-state index contributed by atoms with van der Waals surface area (Å²) in [6, 6.07) is 15.0. The molecule has 0 fully saturated rings. The van der Waals surface area contributed by atoms with Gasteiger partial charge in [0.25, 0.3) is 5.56 Å². The molecule has 8 heteroatoms. The van der Waals surface area contributed by atoms with E-state index in [1.54, 1.807) is 13.4 Å². The predicted molar refractivity (Wildman–Crippen MR) is 140 cm³/mol. The van der Waals surface area contributed by atoms with Crippen LogP contribution in [0.3, 0.4) is 0 Å². The molecule has 0 aliphatic rings. The Hall–Kier alpha value is -2.87. The van der Waals surface area contributed by atoms with Crippen molar-refractivity contribution in [2.75, 3.05) is 33.4 Å². The molecule has 0 atom stereocenters. The number of thiophene rings is 1. The molecule has 0 amide bonds. The highest BCUT2D eigenvalue weighted by Crippen LogP contribution is 2.33. The van der Waals surface area contributed by atoms with Gasteiger partial charge in [0.1, 0.15) is 11.0 Å². The van der Waals surface area contributed by atoms with Crippen LogP contribution in [0.5, 0.6) is 11.5 Å². The molecule has 0 N–H and O–H groups in total. The number of benzene rings is 2. The number of halogens is 1. The largest absolute Gasteiger partial charge is 0.493 e. The van der Waals surface area contributed by atoms with E-state index in [1.807, 2.05) is 48.5 Å². The number of fused-ring (bicyclic) bond motifs is 1. The highest BCUT2D eigenvalue weighted by Gasteiger charge is 2.14. The molecule has 0 aliphatic heterocycles. The van der Waals surface area contributed by atoms with Crippen LogP contribution in [0.2, 0.25) is 5.02 Å². The minimum Gasteiger partial charge on any atom is -0.493 e. The second kappa shape index (κ2) is 11.0. The summed E-state index contributed by atoms with van der Waals surface area (Å²) >= 11 is 7.43. The molecule has 2 aromatic carbocycles. The summed E-state index contributed by atoms with van der Waals surface area (Å²) in [6.07, 6.45) is 2.49. The maximum Gasteiger partial charge on any atom is 0.275 e. The number of hydrogen-bond acceptors (Lipinski definition) is 6. The SMILES string of the molecule is CCN(CC)CCCOc1ccc(-n2cnc3cc(-c4ccc(Cl)cc4)sc3c2=O)cc1OC. The Labute approximate surface area is 208 Å². The Morgan fingerprint density at radius 1 is 1.06 bits per heavy atom. The molecule has 0 saturated heterocycles. The Morgan fingerprint density at radius 2 is 1.82 bits per heavy atom. The lowest BCUT2D eigenvalue weighted by molar-refractivity contribution is 0.242. The van der Waals surface area contributed by atoms with Crippen LogP contribution in [0.4, 0.5) is 0 Å². The van der Waals surface area contributed by atoms with Crippen molar-refractivity contribution in [2.24, 2.45) is 0 Å². The number of rotatable bonds is 10. The van der Waals surface area contributed by atoms with Crippen molar-refractivity contribution in [3.63, 3.8) is 0 Å². The van der Waals surface area contributed by atoms with Crippen molar-refractivity contribution in [1.82, 2.24) is 14.5 Å². The molecule has 4 aromatic rings. The summed E-state index contributed by atoms with van der Waals surface area (Å²) < 4.78 is 13.6. The third-order valence-corrected chi connectivity index (χ3v) is 7.18. The van der Waals surface area contributed by atoms with Crippen LogP contribution >= 0.6 is 22.9 Å². The fourth-order valence-corrected chi connectivity index (χ4v) is 4.96. The van der Waals surface area contributed by atoms with Crippen molar-refractivity contribution in [3.05, 3.63) is 70.2 Å². The maximum absolute atomic E-state index is 13.3. The maximum atomic E-state index is 13.3. The molecule has 0 saturated carbocycles. The van der Waals surface area contributed by atoms with Gasteiger partial charge < -0.3 is 14.4 Å². The first-order valence-electron chi connectivity index (χ1n) is 11.3. The summed E-state index contributed by atoms with van der Waals surface area (Å²) in [5.74, 6) is 1.24. The first kappa shape index (κ1) is 24.3. The van der Waals surface area contributed by atoms with Crippen LogP contribution in [0.15, 0.2) is 59.7 Å². The highest BCUT2D eigenvalue weighted by molar-refractivity contribution is 7.22. The fraction of sp³-hybridized carbons (Fsp3) is 0.308. The number of hydrogen-bond donors (Lipinski definition) is 0. The fourth-order valence-electron chi connectivity index (χ4n) is 3.79. The van der Waals surface area contributed by atoms with Crippen LogP contribution in [-0.2, 0) is 0 Å². The average Bonchev–Trinajstić information content (AvgIpc) is 3.30. The van der Waals surface area contributed by atoms with Gasteiger partial charge in [-0.2, -0.15) is 0 Å². The smallest absolute Gasteiger partial charge is 0.275 e. The number of nitrogens with zero attached hydrogens (tertiary/aromatic N) is 3. The van der Waals surface area contributed by atoms with E-state index in [9.17, 15) is 4.79 Å². The van der Waals surface area contributed by atoms with Gasteiger partial charge in [0.15, 0.2) is 11.5 Å². The predicted octanol–water partition coefficient (Wildman–Crippen LogP) is 5.89. The van der Waals surface area contributed by atoms with Crippen molar-refractivity contribution >= 4 is 33.2 Å². The highest BCUT2D eigenvalue weighted by atomic mass is 35.5. The van der Waals surface area contributed by atoms with Gasteiger partial charge in [0.2, 0.25) is 0 Å². The van der Waals surface area contributed by atoms with Crippen molar-refractivity contribution in [3.8, 4) is 27.6 Å². The molecule has 0 bridgehead atoms. The van der Waals surface area contributed by atoms with E-state index in [1.165, 1.54) is 15.9 Å². The number of ether oxygens (including phenoxy) is 2. The molecule has 178 valence electrons. The molecular formula is C26H28ClN3O3S. The van der Waals surface area contributed by atoms with Crippen molar-refractivity contribution in [1.29, 1.82) is 0 Å². The Bertz CT molecular complexity index is 1310. The summed E-state index contributed by atoms with van der Waals surface area (Å²) in [7, 11) is 1.60. The Balaban J connectivity index is 1.56. The third kappa shape index (κ3) is 5.27. The number of methoxy groups -OCH3 is 1. The van der Waals surface area contributed by atoms with Gasteiger partial charge in [-0.25, -0.2) is 4.98 Å². The summed E-state index contributed by atoms with van der Waals surface area (Å²) in [5.41, 5.74) is 2.23. The molecule has 0 spiro atoms. The van der Waals surface area contributed by atoms with Crippen LogP contribution < -0.4 is 15.0 Å².